The molecule has 2 N–H and O–H groups in total. The second kappa shape index (κ2) is 5.17. The Morgan fingerprint density at radius 1 is 1.39 bits per heavy atom. The van der Waals surface area contributed by atoms with E-state index in [4.69, 9.17) is 5.73 Å². The Hall–Kier alpha value is -0.620. The number of piperidine rings is 1. The Kier molecular flexibility index (Phi) is 4.43. The lowest BCUT2D eigenvalue weighted by Gasteiger charge is -2.41. The molecule has 5 nitrogen and oxygen atoms in total. The third kappa shape index (κ3) is 2.85. The first-order valence-corrected chi connectivity index (χ1v) is 8.24. The van der Waals surface area contributed by atoms with Gasteiger partial charge in [-0.1, -0.05) is 0 Å². The molecule has 0 bridgehead atoms. The van der Waals surface area contributed by atoms with Gasteiger partial charge < -0.3 is 10.6 Å². The Labute approximate surface area is 110 Å². The lowest BCUT2D eigenvalue weighted by molar-refractivity contribution is -0.137. The number of nitrogens with two attached hydrogens (primary N) is 1. The minimum Gasteiger partial charge on any atom is -0.337 e. The summed E-state index contributed by atoms with van der Waals surface area (Å²) in [6.45, 7) is 5.41. The quantitative estimate of drug-likeness (QED) is 0.815. The van der Waals surface area contributed by atoms with Gasteiger partial charge in [-0.2, -0.15) is 0 Å². The highest BCUT2D eigenvalue weighted by Crippen LogP contribution is 2.26. The number of sulfone groups is 1. The molecule has 6 heteroatoms. The van der Waals surface area contributed by atoms with Crippen LogP contribution in [-0.4, -0.2) is 48.9 Å². The molecule has 0 aromatic heterocycles. The number of hydrogen-bond acceptors (Lipinski definition) is 4. The van der Waals surface area contributed by atoms with Crippen LogP contribution in [0.15, 0.2) is 0 Å². The second-order valence-electron chi connectivity index (χ2n) is 5.70. The molecule has 2 unspecified atom stereocenters. The average Bonchev–Trinajstić information content (AvgIpc) is 2.26. The van der Waals surface area contributed by atoms with Crippen molar-refractivity contribution < 1.29 is 13.2 Å². The topological polar surface area (TPSA) is 80.5 Å². The number of carbonyl (C=O) groups excluding carboxylic acids is 1. The number of likely N-dealkylation sites (tertiary alicyclic amines) is 1. The fraction of sp³-hybridized carbons (Fsp3) is 0.917. The van der Waals surface area contributed by atoms with Gasteiger partial charge in [-0.05, 0) is 40.0 Å². The van der Waals surface area contributed by atoms with E-state index in [2.05, 4.69) is 0 Å². The van der Waals surface area contributed by atoms with Crippen LogP contribution in [-0.2, 0) is 14.6 Å². The van der Waals surface area contributed by atoms with Crippen molar-refractivity contribution in [2.24, 2.45) is 5.73 Å². The Morgan fingerprint density at radius 2 is 1.94 bits per heavy atom. The Balaban J connectivity index is 3.01. The lowest BCUT2D eigenvalue weighted by atomic mass is 9.95. The minimum absolute atomic E-state index is 0.0488. The van der Waals surface area contributed by atoms with Gasteiger partial charge in [0.15, 0.2) is 9.84 Å². The summed E-state index contributed by atoms with van der Waals surface area (Å²) in [5.41, 5.74) is 5.90. The molecule has 1 aliphatic rings. The average molecular weight is 276 g/mol. The van der Waals surface area contributed by atoms with E-state index in [1.54, 1.807) is 4.90 Å². The molecule has 1 fully saturated rings. The summed E-state index contributed by atoms with van der Waals surface area (Å²) < 4.78 is 22.1. The largest absolute Gasteiger partial charge is 0.337 e. The third-order valence-electron chi connectivity index (χ3n) is 3.86. The van der Waals surface area contributed by atoms with Crippen LogP contribution >= 0.6 is 0 Å². The number of hydrogen-bond donors (Lipinski definition) is 1. The van der Waals surface area contributed by atoms with Gasteiger partial charge in [0.05, 0.1) is 0 Å². The fourth-order valence-corrected chi connectivity index (χ4v) is 2.70. The SMILES string of the molecule is CC(N)C1CCCCN1C(=O)C(C)(C)S(C)(=O)=O. The normalized spacial score (nSPS) is 23.8. The van der Waals surface area contributed by atoms with Gasteiger partial charge in [0.1, 0.15) is 4.75 Å². The zero-order valence-corrected chi connectivity index (χ0v) is 12.5. The monoisotopic (exact) mass is 276 g/mol. The van der Waals surface area contributed by atoms with Crippen molar-refractivity contribution in [1.29, 1.82) is 0 Å². The molecule has 1 saturated heterocycles. The molecular formula is C12H24N2O3S. The maximum atomic E-state index is 12.5. The lowest BCUT2D eigenvalue weighted by Crippen LogP contribution is -2.58. The fourth-order valence-electron chi connectivity index (χ4n) is 2.26. The zero-order valence-electron chi connectivity index (χ0n) is 11.6. The first kappa shape index (κ1) is 15.4. The van der Waals surface area contributed by atoms with Crippen LogP contribution in [0.1, 0.15) is 40.0 Å². The number of carbonyl (C=O) groups is 1. The molecule has 18 heavy (non-hydrogen) atoms. The molecule has 0 saturated carbocycles. The van der Waals surface area contributed by atoms with Gasteiger partial charge >= 0.3 is 0 Å². The van der Waals surface area contributed by atoms with Crippen LogP contribution in [0.2, 0.25) is 0 Å². The number of amides is 1. The van der Waals surface area contributed by atoms with Gasteiger partial charge in [-0.15, -0.1) is 0 Å². The Bertz CT molecular complexity index is 415. The van der Waals surface area contributed by atoms with E-state index in [9.17, 15) is 13.2 Å². The van der Waals surface area contributed by atoms with E-state index in [-0.39, 0.29) is 18.0 Å². The van der Waals surface area contributed by atoms with Crippen molar-refractivity contribution in [3.05, 3.63) is 0 Å². The molecule has 0 radical (unpaired) electrons. The molecular weight excluding hydrogens is 252 g/mol. The summed E-state index contributed by atoms with van der Waals surface area (Å²) in [4.78, 5) is 14.1. The van der Waals surface area contributed by atoms with Crippen LogP contribution in [0.5, 0.6) is 0 Å². The predicted octanol–water partition coefficient (Wildman–Crippen LogP) is 0.538. The van der Waals surface area contributed by atoms with Crippen molar-refractivity contribution >= 4 is 15.7 Å². The minimum atomic E-state index is -3.43. The molecule has 0 spiro atoms. The van der Waals surface area contributed by atoms with Crippen LogP contribution in [0.4, 0.5) is 0 Å². The number of rotatable bonds is 3. The van der Waals surface area contributed by atoms with Crippen LogP contribution in [0.25, 0.3) is 0 Å². The van der Waals surface area contributed by atoms with Gasteiger partial charge in [-0.3, -0.25) is 4.79 Å². The highest BCUT2D eigenvalue weighted by molar-refractivity contribution is 7.92. The summed E-state index contributed by atoms with van der Waals surface area (Å²) in [5, 5.41) is 0. The van der Waals surface area contributed by atoms with Crippen LogP contribution in [0.3, 0.4) is 0 Å². The molecule has 1 heterocycles. The molecule has 1 rings (SSSR count). The maximum Gasteiger partial charge on any atom is 0.243 e. The molecule has 2 atom stereocenters. The molecule has 1 amide bonds. The second-order valence-corrected chi connectivity index (χ2v) is 8.27. The van der Waals surface area contributed by atoms with E-state index < -0.39 is 14.6 Å². The number of nitrogens with zero attached hydrogens (tertiary/aromatic N) is 1. The highest BCUT2D eigenvalue weighted by Gasteiger charge is 2.44. The first-order valence-electron chi connectivity index (χ1n) is 6.35. The van der Waals surface area contributed by atoms with Crippen LogP contribution in [0, 0.1) is 0 Å². The molecule has 106 valence electrons. The van der Waals surface area contributed by atoms with E-state index >= 15 is 0 Å². The van der Waals surface area contributed by atoms with E-state index in [0.717, 1.165) is 25.5 Å². The van der Waals surface area contributed by atoms with Gasteiger partial charge in [0.25, 0.3) is 0 Å². The van der Waals surface area contributed by atoms with E-state index in [1.165, 1.54) is 13.8 Å². The standard InChI is InChI=1S/C12H24N2O3S/c1-9(13)10-7-5-6-8-14(10)11(15)12(2,3)18(4,16)17/h9-10H,5-8,13H2,1-4H3. The molecule has 0 aromatic rings. The first-order chi connectivity index (χ1) is 8.09. The summed E-state index contributed by atoms with van der Waals surface area (Å²) in [7, 11) is -3.43. The van der Waals surface area contributed by atoms with Crippen molar-refractivity contribution in [2.45, 2.75) is 56.9 Å². The zero-order chi connectivity index (χ0) is 14.1. The molecule has 1 aliphatic heterocycles. The van der Waals surface area contributed by atoms with E-state index in [1.807, 2.05) is 6.92 Å². The summed E-state index contributed by atoms with van der Waals surface area (Å²) in [5.74, 6) is -0.327. The van der Waals surface area contributed by atoms with E-state index in [0.29, 0.717) is 6.54 Å². The van der Waals surface area contributed by atoms with Crippen molar-refractivity contribution in [2.75, 3.05) is 12.8 Å². The van der Waals surface area contributed by atoms with Crippen molar-refractivity contribution in [3.8, 4) is 0 Å². The molecule has 0 aromatic carbocycles. The highest BCUT2D eigenvalue weighted by atomic mass is 32.2. The van der Waals surface area contributed by atoms with Gasteiger partial charge in [0, 0.05) is 24.9 Å². The summed E-state index contributed by atoms with van der Waals surface area (Å²) >= 11 is 0. The van der Waals surface area contributed by atoms with Gasteiger partial charge in [-0.25, -0.2) is 8.42 Å². The van der Waals surface area contributed by atoms with Gasteiger partial charge in [0.2, 0.25) is 5.91 Å². The van der Waals surface area contributed by atoms with Crippen molar-refractivity contribution in [3.63, 3.8) is 0 Å². The maximum absolute atomic E-state index is 12.5. The third-order valence-corrected chi connectivity index (χ3v) is 5.89. The molecule has 0 aliphatic carbocycles. The smallest absolute Gasteiger partial charge is 0.243 e. The predicted molar refractivity (Wildman–Crippen MR) is 71.9 cm³/mol. The van der Waals surface area contributed by atoms with Crippen molar-refractivity contribution in [1.82, 2.24) is 4.90 Å². The van der Waals surface area contributed by atoms with Crippen LogP contribution < -0.4 is 5.73 Å². The Morgan fingerprint density at radius 3 is 2.39 bits per heavy atom. The summed E-state index contributed by atoms with van der Waals surface area (Å²) in [6, 6.07) is -0.183. The summed E-state index contributed by atoms with van der Waals surface area (Å²) in [6.07, 6.45) is 3.91.